The summed E-state index contributed by atoms with van der Waals surface area (Å²) in [5, 5.41) is 3.39. The van der Waals surface area contributed by atoms with Gasteiger partial charge in [0.25, 0.3) is 0 Å². The van der Waals surface area contributed by atoms with Crippen molar-refractivity contribution < 1.29 is 22.4 Å². The van der Waals surface area contributed by atoms with Gasteiger partial charge in [-0.25, -0.2) is 13.1 Å². The molecule has 3 rings (SSSR count). The molecule has 0 fully saturated rings. The van der Waals surface area contributed by atoms with Crippen molar-refractivity contribution in [1.82, 2.24) is 14.9 Å². The van der Waals surface area contributed by atoms with Gasteiger partial charge in [0, 0.05) is 24.5 Å². The minimum absolute atomic E-state index is 0.155. The molecule has 0 spiro atoms. The Labute approximate surface area is 216 Å². The molecule has 0 aliphatic rings. The van der Waals surface area contributed by atoms with Crippen molar-refractivity contribution in [1.29, 1.82) is 0 Å². The molecule has 2 amide bonds. The average Bonchev–Trinajstić information content (AvgIpc) is 3.39. The molecule has 0 saturated carbocycles. The Bertz CT molecular complexity index is 1240. The lowest BCUT2D eigenvalue weighted by molar-refractivity contribution is -0.140. The topological polar surface area (TPSA) is 109 Å². The van der Waals surface area contributed by atoms with E-state index < -0.39 is 16.1 Å². The maximum Gasteiger partial charge on any atom is 0.242 e. The van der Waals surface area contributed by atoms with Gasteiger partial charge in [0.2, 0.25) is 21.8 Å². The van der Waals surface area contributed by atoms with E-state index >= 15 is 0 Å². The minimum atomic E-state index is -3.54. The van der Waals surface area contributed by atoms with Gasteiger partial charge in [-0.3, -0.25) is 9.59 Å². The predicted octanol–water partition coefficient (Wildman–Crippen LogP) is 3.90. The summed E-state index contributed by atoms with van der Waals surface area (Å²) in [4.78, 5) is 27.8. The molecule has 2 aromatic carbocycles. The van der Waals surface area contributed by atoms with Crippen LogP contribution in [0.25, 0.3) is 0 Å². The standard InChI is InChI=1S/C26H30ClN3O5S/c1-3-29-36(33,34)24-13-8-20(9-14-24)10-15-25(31)30(18-21-6-11-22(27)12-7-21)19(2)26(32)28-17-23-5-4-16-35-23/h4-9,11-14,16,19,29H,3,10,15,17-18H2,1-2H3,(H,28,32). The zero-order valence-electron chi connectivity index (χ0n) is 20.2. The molecule has 192 valence electrons. The summed E-state index contributed by atoms with van der Waals surface area (Å²) in [7, 11) is -3.54. The number of hydrogen-bond acceptors (Lipinski definition) is 5. The van der Waals surface area contributed by atoms with Crippen LogP contribution >= 0.6 is 11.6 Å². The number of amides is 2. The first-order valence-corrected chi connectivity index (χ1v) is 13.5. The van der Waals surface area contributed by atoms with Crippen molar-refractivity contribution in [2.75, 3.05) is 6.54 Å². The number of sulfonamides is 1. The molecular weight excluding hydrogens is 502 g/mol. The van der Waals surface area contributed by atoms with Crippen molar-refractivity contribution in [3.05, 3.63) is 88.8 Å². The number of aryl methyl sites for hydroxylation is 1. The maximum atomic E-state index is 13.3. The summed E-state index contributed by atoms with van der Waals surface area (Å²) in [5.41, 5.74) is 1.66. The zero-order chi connectivity index (χ0) is 26.1. The van der Waals surface area contributed by atoms with Crippen LogP contribution in [0, 0.1) is 0 Å². The van der Waals surface area contributed by atoms with Gasteiger partial charge in [0.15, 0.2) is 0 Å². The molecule has 10 heteroatoms. The Kier molecular flexibility index (Phi) is 9.69. The molecule has 0 aliphatic carbocycles. The lowest BCUT2D eigenvalue weighted by atomic mass is 10.1. The summed E-state index contributed by atoms with van der Waals surface area (Å²) in [5.74, 6) is 0.118. The van der Waals surface area contributed by atoms with Crippen LogP contribution in [-0.4, -0.2) is 37.7 Å². The molecule has 1 heterocycles. The lowest BCUT2D eigenvalue weighted by Gasteiger charge is -2.29. The molecule has 0 radical (unpaired) electrons. The number of hydrogen-bond donors (Lipinski definition) is 2. The number of carbonyl (C=O) groups is 2. The van der Waals surface area contributed by atoms with Gasteiger partial charge in [-0.2, -0.15) is 0 Å². The predicted molar refractivity (Wildman–Crippen MR) is 138 cm³/mol. The van der Waals surface area contributed by atoms with Crippen LogP contribution in [0.5, 0.6) is 0 Å². The number of nitrogens with zero attached hydrogens (tertiary/aromatic N) is 1. The molecule has 0 aliphatic heterocycles. The van der Waals surface area contributed by atoms with Crippen molar-refractivity contribution in [2.45, 2.75) is 50.7 Å². The molecule has 8 nitrogen and oxygen atoms in total. The second-order valence-electron chi connectivity index (χ2n) is 8.27. The minimum Gasteiger partial charge on any atom is -0.467 e. The summed E-state index contributed by atoms with van der Waals surface area (Å²) in [6, 6.07) is 16.3. The maximum absolute atomic E-state index is 13.3. The van der Waals surface area contributed by atoms with Crippen LogP contribution < -0.4 is 10.0 Å². The SMILES string of the molecule is CCNS(=O)(=O)c1ccc(CCC(=O)N(Cc2ccc(Cl)cc2)C(C)C(=O)NCc2ccco2)cc1. The fourth-order valence-electron chi connectivity index (χ4n) is 3.61. The summed E-state index contributed by atoms with van der Waals surface area (Å²) in [6.07, 6.45) is 2.09. The van der Waals surface area contributed by atoms with Crippen LogP contribution in [0.1, 0.15) is 37.2 Å². The normalized spacial score (nSPS) is 12.2. The Morgan fingerprint density at radius 2 is 1.69 bits per heavy atom. The van der Waals surface area contributed by atoms with Gasteiger partial charge in [-0.1, -0.05) is 42.8 Å². The van der Waals surface area contributed by atoms with E-state index in [0.717, 1.165) is 11.1 Å². The first kappa shape index (κ1) is 27.4. The summed E-state index contributed by atoms with van der Waals surface area (Å²) in [6.45, 7) is 4.17. The van der Waals surface area contributed by atoms with E-state index in [0.29, 0.717) is 23.7 Å². The van der Waals surface area contributed by atoms with Crippen molar-refractivity contribution in [3.63, 3.8) is 0 Å². The van der Waals surface area contributed by atoms with E-state index in [9.17, 15) is 18.0 Å². The van der Waals surface area contributed by atoms with Crippen LogP contribution in [0.2, 0.25) is 5.02 Å². The van der Waals surface area contributed by atoms with Crippen LogP contribution in [0.3, 0.4) is 0 Å². The van der Waals surface area contributed by atoms with E-state index in [1.807, 2.05) is 12.1 Å². The quantitative estimate of drug-likeness (QED) is 0.368. The number of benzene rings is 2. The highest BCUT2D eigenvalue weighted by molar-refractivity contribution is 7.89. The van der Waals surface area contributed by atoms with Crippen molar-refractivity contribution in [2.24, 2.45) is 0 Å². The molecule has 2 N–H and O–H groups in total. The van der Waals surface area contributed by atoms with Gasteiger partial charge in [0.05, 0.1) is 17.7 Å². The van der Waals surface area contributed by atoms with Gasteiger partial charge in [-0.05, 0) is 60.9 Å². The second-order valence-corrected chi connectivity index (χ2v) is 10.5. The molecule has 1 aromatic heterocycles. The molecule has 1 unspecified atom stereocenters. The van der Waals surface area contributed by atoms with E-state index in [1.54, 1.807) is 50.2 Å². The largest absolute Gasteiger partial charge is 0.467 e. The molecule has 1 atom stereocenters. The molecule has 36 heavy (non-hydrogen) atoms. The third kappa shape index (κ3) is 7.68. The van der Waals surface area contributed by atoms with E-state index in [-0.39, 0.29) is 36.2 Å². The van der Waals surface area contributed by atoms with E-state index in [1.165, 1.54) is 23.3 Å². The molecule has 3 aromatic rings. The Morgan fingerprint density at radius 3 is 2.31 bits per heavy atom. The highest BCUT2D eigenvalue weighted by Gasteiger charge is 2.26. The van der Waals surface area contributed by atoms with Crippen molar-refractivity contribution in [3.8, 4) is 0 Å². The average molecular weight is 532 g/mol. The van der Waals surface area contributed by atoms with Gasteiger partial charge >= 0.3 is 0 Å². The molecular formula is C26H30ClN3O5S. The Hall–Kier alpha value is -3.14. The monoisotopic (exact) mass is 531 g/mol. The highest BCUT2D eigenvalue weighted by Crippen LogP contribution is 2.17. The van der Waals surface area contributed by atoms with Crippen LogP contribution in [-0.2, 0) is 39.1 Å². The second kappa shape index (κ2) is 12.7. The Morgan fingerprint density at radius 1 is 1.03 bits per heavy atom. The van der Waals surface area contributed by atoms with Gasteiger partial charge < -0.3 is 14.6 Å². The number of rotatable bonds is 12. The highest BCUT2D eigenvalue weighted by atomic mass is 35.5. The van der Waals surface area contributed by atoms with Gasteiger partial charge in [-0.15, -0.1) is 0 Å². The first-order valence-electron chi connectivity index (χ1n) is 11.6. The van der Waals surface area contributed by atoms with Crippen molar-refractivity contribution >= 4 is 33.4 Å². The first-order chi connectivity index (χ1) is 17.2. The third-order valence-corrected chi connectivity index (χ3v) is 7.46. The van der Waals surface area contributed by atoms with Crippen LogP contribution in [0.4, 0.5) is 0 Å². The summed E-state index contributed by atoms with van der Waals surface area (Å²) >= 11 is 5.99. The molecule has 0 saturated heterocycles. The number of carbonyl (C=O) groups excluding carboxylic acids is 2. The van der Waals surface area contributed by atoms with Gasteiger partial charge in [0.1, 0.15) is 11.8 Å². The fraction of sp³-hybridized carbons (Fsp3) is 0.308. The zero-order valence-corrected chi connectivity index (χ0v) is 21.8. The summed E-state index contributed by atoms with van der Waals surface area (Å²) < 4.78 is 32.0. The van der Waals surface area contributed by atoms with E-state index in [4.69, 9.17) is 16.0 Å². The molecule has 0 bridgehead atoms. The third-order valence-electron chi connectivity index (χ3n) is 5.65. The smallest absolute Gasteiger partial charge is 0.242 e. The number of furan rings is 1. The van der Waals surface area contributed by atoms with E-state index in [2.05, 4.69) is 10.0 Å². The number of nitrogens with one attached hydrogen (secondary N) is 2. The van der Waals surface area contributed by atoms with Crippen LogP contribution in [0.15, 0.2) is 76.2 Å². The lowest BCUT2D eigenvalue weighted by Crippen LogP contribution is -2.47. The Balaban J connectivity index is 1.69. The fourth-order valence-corrected chi connectivity index (χ4v) is 4.77. The number of halogens is 1.